The van der Waals surface area contributed by atoms with Crippen LogP contribution in [0.5, 0.6) is 0 Å². The second kappa shape index (κ2) is 6.36. The first-order valence-electron chi connectivity index (χ1n) is 7.90. The van der Waals surface area contributed by atoms with Crippen LogP contribution in [0.3, 0.4) is 0 Å². The molecule has 1 aromatic heterocycles. The van der Waals surface area contributed by atoms with E-state index in [-0.39, 0.29) is 17.6 Å². The third kappa shape index (κ3) is 3.19. The molecule has 0 saturated heterocycles. The Morgan fingerprint density at radius 3 is 2.46 bits per heavy atom. The fourth-order valence-corrected chi connectivity index (χ4v) is 3.90. The van der Waals surface area contributed by atoms with Gasteiger partial charge in [-0.15, -0.1) is 0 Å². The molecule has 0 N–H and O–H groups in total. The molecule has 0 aliphatic heterocycles. The Balaban J connectivity index is 1.92. The zero-order valence-electron chi connectivity index (χ0n) is 13.9. The lowest BCUT2D eigenvalue weighted by molar-refractivity contribution is 0.369. The van der Waals surface area contributed by atoms with Crippen molar-refractivity contribution in [2.45, 2.75) is 37.7 Å². The van der Waals surface area contributed by atoms with Gasteiger partial charge in [0.05, 0.1) is 5.75 Å². The smallest absolute Gasteiger partial charge is 0.244 e. The van der Waals surface area contributed by atoms with Crippen molar-refractivity contribution in [3.63, 3.8) is 0 Å². The monoisotopic (exact) mass is 344 g/mol. The molecule has 0 radical (unpaired) electrons. The summed E-state index contributed by atoms with van der Waals surface area (Å²) >= 11 is 0. The Bertz CT molecular complexity index is 956. The SMILES string of the molecule is CC(C)c1noc(C(C)S(=O)(=O)Cc2cccc3ccccc23)n1. The maximum absolute atomic E-state index is 12.8. The summed E-state index contributed by atoms with van der Waals surface area (Å²) in [5.41, 5.74) is 0.781. The standard InChI is InChI=1S/C18H20N2O3S/c1-12(2)17-19-18(23-20-17)13(3)24(21,22)11-15-9-6-8-14-7-4-5-10-16(14)15/h4-10,12-13H,11H2,1-3H3. The molecule has 3 rings (SSSR count). The van der Waals surface area contributed by atoms with Crippen LogP contribution in [0, 0.1) is 0 Å². The van der Waals surface area contributed by atoms with Crippen molar-refractivity contribution >= 4 is 20.6 Å². The molecule has 0 bridgehead atoms. The van der Waals surface area contributed by atoms with Gasteiger partial charge in [0, 0.05) is 5.92 Å². The van der Waals surface area contributed by atoms with E-state index in [1.807, 2.05) is 56.3 Å². The van der Waals surface area contributed by atoms with Crippen LogP contribution in [-0.4, -0.2) is 18.6 Å². The highest BCUT2D eigenvalue weighted by Crippen LogP contribution is 2.28. The second-order valence-electron chi connectivity index (χ2n) is 6.23. The second-order valence-corrected chi connectivity index (χ2v) is 8.55. The van der Waals surface area contributed by atoms with Gasteiger partial charge in [-0.2, -0.15) is 4.98 Å². The summed E-state index contributed by atoms with van der Waals surface area (Å²) in [5, 5.41) is 4.99. The molecule has 1 heterocycles. The summed E-state index contributed by atoms with van der Waals surface area (Å²) in [7, 11) is -3.47. The number of nitrogens with zero attached hydrogens (tertiary/aromatic N) is 2. The Hall–Kier alpha value is -2.21. The van der Waals surface area contributed by atoms with Crippen molar-refractivity contribution in [1.29, 1.82) is 0 Å². The summed E-state index contributed by atoms with van der Waals surface area (Å²) in [6.45, 7) is 5.46. The maximum atomic E-state index is 12.8. The average Bonchev–Trinajstić information content (AvgIpc) is 3.04. The predicted octanol–water partition coefficient (Wildman–Crippen LogP) is 4.02. The summed E-state index contributed by atoms with van der Waals surface area (Å²) in [6, 6.07) is 13.5. The lowest BCUT2D eigenvalue weighted by Gasteiger charge is -2.11. The van der Waals surface area contributed by atoms with E-state index in [0.29, 0.717) is 5.82 Å². The van der Waals surface area contributed by atoms with Crippen LogP contribution >= 0.6 is 0 Å². The van der Waals surface area contributed by atoms with Gasteiger partial charge in [0.15, 0.2) is 15.7 Å². The van der Waals surface area contributed by atoms with Crippen molar-refractivity contribution < 1.29 is 12.9 Å². The van der Waals surface area contributed by atoms with Gasteiger partial charge in [0.1, 0.15) is 5.25 Å². The quantitative estimate of drug-likeness (QED) is 0.699. The molecule has 3 aromatic rings. The van der Waals surface area contributed by atoms with Crippen LogP contribution in [0.25, 0.3) is 10.8 Å². The highest BCUT2D eigenvalue weighted by molar-refractivity contribution is 7.90. The Labute approximate surface area is 141 Å². The van der Waals surface area contributed by atoms with E-state index in [2.05, 4.69) is 10.1 Å². The molecule has 2 aromatic carbocycles. The number of benzene rings is 2. The first-order valence-corrected chi connectivity index (χ1v) is 9.61. The molecule has 0 spiro atoms. The first-order chi connectivity index (χ1) is 11.4. The molecule has 24 heavy (non-hydrogen) atoms. The Kier molecular flexibility index (Phi) is 4.41. The largest absolute Gasteiger partial charge is 0.338 e. The molecule has 0 saturated carbocycles. The lowest BCUT2D eigenvalue weighted by atomic mass is 10.1. The maximum Gasteiger partial charge on any atom is 0.244 e. The zero-order chi connectivity index (χ0) is 17.3. The first kappa shape index (κ1) is 16.6. The van der Waals surface area contributed by atoms with Gasteiger partial charge in [0.25, 0.3) is 0 Å². The Morgan fingerprint density at radius 2 is 1.75 bits per heavy atom. The number of sulfone groups is 1. The van der Waals surface area contributed by atoms with E-state index in [1.165, 1.54) is 0 Å². The summed E-state index contributed by atoms with van der Waals surface area (Å²) in [6.07, 6.45) is 0. The van der Waals surface area contributed by atoms with Crippen molar-refractivity contribution in [3.05, 3.63) is 59.7 Å². The van der Waals surface area contributed by atoms with Crippen molar-refractivity contribution in [2.75, 3.05) is 0 Å². The van der Waals surface area contributed by atoms with Crippen LogP contribution in [-0.2, 0) is 15.6 Å². The molecular formula is C18H20N2O3S. The normalized spacial score (nSPS) is 13.5. The van der Waals surface area contributed by atoms with Gasteiger partial charge < -0.3 is 4.52 Å². The number of hydrogen-bond donors (Lipinski definition) is 0. The zero-order valence-corrected chi connectivity index (χ0v) is 14.7. The number of rotatable bonds is 5. The van der Waals surface area contributed by atoms with Gasteiger partial charge >= 0.3 is 0 Å². The van der Waals surface area contributed by atoms with Crippen LogP contribution < -0.4 is 0 Å². The fraction of sp³-hybridized carbons (Fsp3) is 0.333. The van der Waals surface area contributed by atoms with E-state index in [9.17, 15) is 8.42 Å². The van der Waals surface area contributed by atoms with E-state index in [4.69, 9.17) is 4.52 Å². The van der Waals surface area contributed by atoms with E-state index in [1.54, 1.807) is 6.92 Å². The molecule has 0 fully saturated rings. The van der Waals surface area contributed by atoms with E-state index in [0.717, 1.165) is 16.3 Å². The minimum absolute atomic E-state index is 0.0606. The molecule has 1 atom stereocenters. The minimum Gasteiger partial charge on any atom is -0.338 e. The lowest BCUT2D eigenvalue weighted by Crippen LogP contribution is -2.13. The molecule has 0 aliphatic rings. The Morgan fingerprint density at radius 1 is 1.04 bits per heavy atom. The fourth-order valence-electron chi connectivity index (χ4n) is 2.56. The minimum atomic E-state index is -3.47. The molecular weight excluding hydrogens is 324 g/mol. The summed E-state index contributed by atoms with van der Waals surface area (Å²) < 4.78 is 30.7. The molecule has 5 nitrogen and oxygen atoms in total. The number of hydrogen-bond acceptors (Lipinski definition) is 5. The van der Waals surface area contributed by atoms with E-state index >= 15 is 0 Å². The molecule has 6 heteroatoms. The highest BCUT2D eigenvalue weighted by Gasteiger charge is 2.29. The summed E-state index contributed by atoms with van der Waals surface area (Å²) in [4.78, 5) is 4.22. The van der Waals surface area contributed by atoms with Crippen molar-refractivity contribution in [2.24, 2.45) is 0 Å². The van der Waals surface area contributed by atoms with Crippen molar-refractivity contribution in [3.8, 4) is 0 Å². The van der Waals surface area contributed by atoms with Crippen LogP contribution in [0.1, 0.15) is 49.2 Å². The van der Waals surface area contributed by atoms with Gasteiger partial charge in [-0.3, -0.25) is 0 Å². The van der Waals surface area contributed by atoms with Crippen LogP contribution in [0.4, 0.5) is 0 Å². The van der Waals surface area contributed by atoms with E-state index < -0.39 is 15.1 Å². The topological polar surface area (TPSA) is 73.1 Å². The van der Waals surface area contributed by atoms with Gasteiger partial charge in [0.2, 0.25) is 5.89 Å². The molecule has 1 unspecified atom stereocenters. The predicted molar refractivity (Wildman–Crippen MR) is 93.4 cm³/mol. The van der Waals surface area contributed by atoms with Gasteiger partial charge in [-0.05, 0) is 23.3 Å². The number of aromatic nitrogens is 2. The molecule has 126 valence electrons. The van der Waals surface area contributed by atoms with Crippen LogP contribution in [0.15, 0.2) is 47.0 Å². The van der Waals surface area contributed by atoms with Gasteiger partial charge in [-0.1, -0.05) is 61.5 Å². The van der Waals surface area contributed by atoms with Crippen LogP contribution in [0.2, 0.25) is 0 Å². The van der Waals surface area contributed by atoms with Gasteiger partial charge in [-0.25, -0.2) is 8.42 Å². The summed E-state index contributed by atoms with van der Waals surface area (Å²) in [5.74, 6) is 0.709. The highest BCUT2D eigenvalue weighted by atomic mass is 32.2. The number of fused-ring (bicyclic) bond motifs is 1. The third-order valence-corrected chi connectivity index (χ3v) is 6.09. The third-order valence-electron chi connectivity index (χ3n) is 4.10. The molecule has 0 amide bonds. The average molecular weight is 344 g/mol. The molecule has 0 aliphatic carbocycles. The van der Waals surface area contributed by atoms with Crippen molar-refractivity contribution in [1.82, 2.24) is 10.1 Å².